The summed E-state index contributed by atoms with van der Waals surface area (Å²) < 4.78 is 0. The molecule has 0 radical (unpaired) electrons. The van der Waals surface area contributed by atoms with E-state index >= 15 is 0 Å². The van der Waals surface area contributed by atoms with E-state index in [1.807, 2.05) is 10.6 Å². The number of imide groups is 2. The van der Waals surface area contributed by atoms with Gasteiger partial charge in [-0.15, -0.1) is 0 Å². The third kappa shape index (κ3) is 2.53. The summed E-state index contributed by atoms with van der Waals surface area (Å²) in [6, 6.07) is 5.52. The third-order valence-electron chi connectivity index (χ3n) is 4.11. The number of aliphatic hydroxyl groups is 1. The Kier molecular flexibility index (Phi) is 3.53. The van der Waals surface area contributed by atoms with Crippen LogP contribution >= 0.6 is 0 Å². The first-order chi connectivity index (χ1) is 12.9. The summed E-state index contributed by atoms with van der Waals surface area (Å²) in [6.45, 7) is 0. The zero-order chi connectivity index (χ0) is 19.3. The van der Waals surface area contributed by atoms with Crippen LogP contribution in [0.3, 0.4) is 0 Å². The van der Waals surface area contributed by atoms with Gasteiger partial charge in [0.15, 0.2) is 0 Å². The van der Waals surface area contributed by atoms with Crippen molar-refractivity contribution in [3.8, 4) is 0 Å². The second-order valence-corrected chi connectivity index (χ2v) is 5.76. The molecule has 6 amide bonds. The summed E-state index contributed by atoms with van der Waals surface area (Å²) in [5, 5.41) is 18.5. The van der Waals surface area contributed by atoms with Crippen LogP contribution in [0, 0.1) is 0 Å². The molecule has 0 aliphatic carbocycles. The number of aromatic amines is 1. The van der Waals surface area contributed by atoms with Gasteiger partial charge in [0.25, 0.3) is 23.6 Å². The maximum absolute atomic E-state index is 12.2. The first-order valence-electron chi connectivity index (χ1n) is 7.68. The molecule has 27 heavy (non-hydrogen) atoms. The number of benzene rings is 1. The van der Waals surface area contributed by atoms with Crippen LogP contribution in [-0.4, -0.2) is 46.1 Å². The minimum absolute atomic E-state index is 0.0438. The number of H-pyrrole nitrogens is 1. The lowest BCUT2D eigenvalue weighted by molar-refractivity contribution is -0.129. The van der Waals surface area contributed by atoms with Crippen molar-refractivity contribution < 1.29 is 29.1 Å². The highest BCUT2D eigenvalue weighted by molar-refractivity contribution is 6.46. The van der Waals surface area contributed by atoms with Gasteiger partial charge >= 0.3 is 6.03 Å². The Bertz CT molecular complexity index is 1150. The smallest absolute Gasteiger partial charge is 0.328 e. The van der Waals surface area contributed by atoms with Crippen LogP contribution in [0.5, 0.6) is 0 Å². The van der Waals surface area contributed by atoms with Gasteiger partial charge in [-0.1, -0.05) is 24.3 Å². The van der Waals surface area contributed by atoms with Crippen molar-refractivity contribution in [2.45, 2.75) is 6.35 Å². The molecule has 4 rings (SSSR count). The number of hydrogen-bond acceptors (Lipinski definition) is 6. The van der Waals surface area contributed by atoms with Crippen molar-refractivity contribution in [2.24, 2.45) is 0 Å². The van der Waals surface area contributed by atoms with Crippen LogP contribution in [0.2, 0.25) is 0 Å². The van der Waals surface area contributed by atoms with Gasteiger partial charge in [0.05, 0.1) is 10.7 Å². The maximum atomic E-state index is 12.2. The number of rotatable bonds is 0. The number of aromatic nitrogens is 1. The van der Waals surface area contributed by atoms with Crippen LogP contribution in [0.1, 0.15) is 0 Å². The molecule has 2 saturated heterocycles. The predicted molar refractivity (Wildman–Crippen MR) is 88.3 cm³/mol. The molecule has 1 aromatic carbocycles. The van der Waals surface area contributed by atoms with Crippen molar-refractivity contribution in [3.63, 3.8) is 0 Å². The van der Waals surface area contributed by atoms with Crippen molar-refractivity contribution in [2.75, 3.05) is 0 Å². The zero-order valence-corrected chi connectivity index (χ0v) is 13.4. The summed E-state index contributed by atoms with van der Waals surface area (Å²) in [5.74, 6) is -3.49. The molecule has 2 aliphatic heterocycles. The van der Waals surface area contributed by atoms with Crippen molar-refractivity contribution >= 4 is 51.6 Å². The minimum Gasteiger partial charge on any atom is -0.356 e. The molecular formula is C16H11N5O6. The molecule has 0 spiro atoms. The number of hydrogen-bond donors (Lipinski definition) is 6. The average Bonchev–Trinajstić information content (AvgIpc) is 2.93. The highest BCUT2D eigenvalue weighted by Gasteiger charge is 2.32. The molecule has 11 heteroatoms. The van der Waals surface area contributed by atoms with Gasteiger partial charge in [-0.2, -0.15) is 0 Å². The summed E-state index contributed by atoms with van der Waals surface area (Å²) in [6.07, 6.45) is -1.52. The van der Waals surface area contributed by atoms with E-state index in [9.17, 15) is 29.1 Å². The van der Waals surface area contributed by atoms with E-state index in [1.165, 1.54) is 0 Å². The topological polar surface area (TPSA) is 169 Å². The molecule has 0 atom stereocenters. The molecule has 1 aromatic heterocycles. The number of barbiturate groups is 1. The number of urea groups is 1. The van der Waals surface area contributed by atoms with Gasteiger partial charge in [0, 0.05) is 10.8 Å². The second-order valence-electron chi connectivity index (χ2n) is 5.76. The lowest BCUT2D eigenvalue weighted by atomic mass is 10.1. The van der Waals surface area contributed by atoms with E-state index in [4.69, 9.17) is 0 Å². The Hall–Kier alpha value is -3.99. The number of nitrogens with one attached hydrogen (secondary N) is 5. The average molecular weight is 369 g/mol. The summed E-state index contributed by atoms with van der Waals surface area (Å²) in [5.41, 5.74) is -0.689. The van der Waals surface area contributed by atoms with E-state index in [0.29, 0.717) is 10.8 Å². The molecule has 136 valence electrons. The van der Waals surface area contributed by atoms with E-state index < -0.39 is 36.0 Å². The quantitative estimate of drug-likeness (QED) is 0.280. The Morgan fingerprint density at radius 2 is 1.15 bits per heavy atom. The van der Waals surface area contributed by atoms with Gasteiger partial charge in [0.2, 0.25) is 6.35 Å². The largest absolute Gasteiger partial charge is 0.356 e. The van der Waals surface area contributed by atoms with E-state index in [0.717, 1.165) is 0 Å². The van der Waals surface area contributed by atoms with Gasteiger partial charge in [-0.25, -0.2) is 4.79 Å². The molecular weight excluding hydrogens is 358 g/mol. The van der Waals surface area contributed by atoms with Crippen molar-refractivity contribution in [3.05, 3.63) is 35.0 Å². The van der Waals surface area contributed by atoms with Gasteiger partial charge in [-0.3, -0.25) is 29.8 Å². The standard InChI is InChI=1S/C16H11N5O6/c22-11-7(12(23)19-15(26)18-11)9-5-3-1-2-4-6(5)10(17-9)8-13(24)20-16(27)21-14(8)25/h1-4,15,17,26H,(H,18,22)(H,19,23)(H2,20,21,24,25,27). The fourth-order valence-corrected chi connectivity index (χ4v) is 3.02. The number of fused-ring (bicyclic) bond motifs is 1. The van der Waals surface area contributed by atoms with Crippen LogP contribution in [0.4, 0.5) is 4.79 Å². The van der Waals surface area contributed by atoms with Gasteiger partial charge < -0.3 is 20.7 Å². The number of carbonyl (C=O) groups is 5. The fraction of sp³-hybridized carbons (Fsp3) is 0.0625. The molecule has 0 unspecified atom stereocenters. The van der Waals surface area contributed by atoms with Gasteiger partial charge in [0.1, 0.15) is 11.1 Å². The third-order valence-corrected chi connectivity index (χ3v) is 4.11. The molecule has 3 heterocycles. The molecule has 0 bridgehead atoms. The molecule has 0 saturated carbocycles. The maximum Gasteiger partial charge on any atom is 0.328 e. The van der Waals surface area contributed by atoms with E-state index in [-0.39, 0.29) is 21.8 Å². The highest BCUT2D eigenvalue weighted by Crippen LogP contribution is 2.10. The highest BCUT2D eigenvalue weighted by atomic mass is 16.3. The van der Waals surface area contributed by atoms with Crippen LogP contribution in [0.25, 0.3) is 21.9 Å². The molecule has 2 aromatic rings. The lowest BCUT2D eigenvalue weighted by Gasteiger charge is -2.21. The summed E-state index contributed by atoms with van der Waals surface area (Å²) in [7, 11) is 0. The summed E-state index contributed by atoms with van der Waals surface area (Å²) >= 11 is 0. The van der Waals surface area contributed by atoms with E-state index in [2.05, 4.69) is 15.6 Å². The number of aliphatic hydroxyl groups excluding tert-OH is 1. The second kappa shape index (κ2) is 5.78. The van der Waals surface area contributed by atoms with Gasteiger partial charge in [-0.05, 0) is 0 Å². The Labute approximate surface area is 149 Å². The molecule has 2 aliphatic rings. The Morgan fingerprint density at radius 3 is 1.63 bits per heavy atom. The predicted octanol–water partition coefficient (Wildman–Crippen LogP) is -3.64. The number of carbonyl (C=O) groups excluding carboxylic acids is 5. The normalized spacial score (nSPS) is 20.3. The van der Waals surface area contributed by atoms with E-state index in [1.54, 1.807) is 24.3 Å². The molecule has 11 nitrogen and oxygen atoms in total. The first-order valence-corrected chi connectivity index (χ1v) is 7.68. The van der Waals surface area contributed by atoms with Crippen LogP contribution < -0.4 is 32.0 Å². The fourth-order valence-electron chi connectivity index (χ4n) is 3.02. The zero-order valence-electron chi connectivity index (χ0n) is 13.4. The number of amides is 6. The summed E-state index contributed by atoms with van der Waals surface area (Å²) in [4.78, 5) is 62.8. The molecule has 6 N–H and O–H groups in total. The van der Waals surface area contributed by atoms with Crippen LogP contribution in [-0.2, 0) is 19.2 Å². The monoisotopic (exact) mass is 369 g/mol. The minimum atomic E-state index is -1.52. The van der Waals surface area contributed by atoms with Crippen molar-refractivity contribution in [1.29, 1.82) is 0 Å². The van der Waals surface area contributed by atoms with Crippen LogP contribution in [0.15, 0.2) is 24.3 Å². The van der Waals surface area contributed by atoms with Crippen molar-refractivity contribution in [1.82, 2.24) is 26.3 Å². The lowest BCUT2D eigenvalue weighted by Crippen LogP contribution is -2.56. The Morgan fingerprint density at radius 1 is 0.704 bits per heavy atom. The first kappa shape index (κ1) is 16.5. The SMILES string of the molecule is O=C1NC(=O)C(=c2[nH]c(=C3C(=O)NC(O)NC3=O)c3ccccc23)C(=O)N1. The Balaban J connectivity index is 2.12. The molecule has 2 fully saturated rings.